The van der Waals surface area contributed by atoms with E-state index in [1.165, 1.54) is 0 Å². The monoisotopic (exact) mass is 492 g/mol. The van der Waals surface area contributed by atoms with Gasteiger partial charge in [-0.1, -0.05) is 58.4 Å². The van der Waals surface area contributed by atoms with Gasteiger partial charge in [0, 0.05) is 29.2 Å². The summed E-state index contributed by atoms with van der Waals surface area (Å²) in [6.45, 7) is 1.58. The van der Waals surface area contributed by atoms with Crippen LogP contribution in [-0.2, 0) is 6.61 Å². The van der Waals surface area contributed by atoms with Gasteiger partial charge in [-0.05, 0) is 54.8 Å². The standard InChI is InChI=1S/C26H25BrN2O3/c27-21-10-6-7-19(17-21)18-32-24-12-5-4-11-23(24)26(31)29-15-13-22(14-16-29)28-25(30)20-8-2-1-3-9-20/h1-12,17,22H,13-16,18H2,(H,28,30). The van der Waals surface area contributed by atoms with Gasteiger partial charge in [-0.15, -0.1) is 0 Å². The molecule has 5 nitrogen and oxygen atoms in total. The van der Waals surface area contributed by atoms with E-state index in [0.717, 1.165) is 22.9 Å². The lowest BCUT2D eigenvalue weighted by atomic mass is 10.0. The number of carbonyl (C=O) groups is 2. The number of nitrogens with one attached hydrogen (secondary N) is 1. The molecule has 0 unspecified atom stereocenters. The van der Waals surface area contributed by atoms with Crippen LogP contribution in [0.2, 0.25) is 0 Å². The Balaban J connectivity index is 1.34. The molecular weight excluding hydrogens is 468 g/mol. The Labute approximate surface area is 196 Å². The van der Waals surface area contributed by atoms with Crippen LogP contribution in [0.5, 0.6) is 5.75 Å². The van der Waals surface area contributed by atoms with Gasteiger partial charge in [0.15, 0.2) is 0 Å². The fraction of sp³-hybridized carbons (Fsp3) is 0.231. The zero-order chi connectivity index (χ0) is 22.3. The van der Waals surface area contributed by atoms with E-state index in [-0.39, 0.29) is 17.9 Å². The van der Waals surface area contributed by atoms with Gasteiger partial charge in [0.1, 0.15) is 12.4 Å². The van der Waals surface area contributed by atoms with Crippen molar-refractivity contribution >= 4 is 27.7 Å². The Morgan fingerprint density at radius 2 is 1.66 bits per heavy atom. The van der Waals surface area contributed by atoms with Crippen molar-refractivity contribution in [3.05, 3.63) is 100 Å². The van der Waals surface area contributed by atoms with Crippen molar-refractivity contribution in [3.63, 3.8) is 0 Å². The van der Waals surface area contributed by atoms with Gasteiger partial charge in [0.25, 0.3) is 11.8 Å². The minimum Gasteiger partial charge on any atom is -0.488 e. The highest BCUT2D eigenvalue weighted by Gasteiger charge is 2.26. The first-order chi connectivity index (χ1) is 15.6. The Bertz CT molecular complexity index is 1080. The van der Waals surface area contributed by atoms with Gasteiger partial charge in [0.2, 0.25) is 0 Å². The van der Waals surface area contributed by atoms with Crippen molar-refractivity contribution in [2.75, 3.05) is 13.1 Å². The van der Waals surface area contributed by atoms with Crippen LogP contribution < -0.4 is 10.1 Å². The van der Waals surface area contributed by atoms with Gasteiger partial charge in [-0.3, -0.25) is 9.59 Å². The Morgan fingerprint density at radius 1 is 0.938 bits per heavy atom. The molecule has 0 aliphatic carbocycles. The highest BCUT2D eigenvalue weighted by molar-refractivity contribution is 9.10. The number of benzene rings is 3. The molecule has 4 rings (SSSR count). The Hall–Kier alpha value is -3.12. The number of likely N-dealkylation sites (tertiary alicyclic amines) is 1. The van der Waals surface area contributed by atoms with Gasteiger partial charge < -0.3 is 15.0 Å². The second kappa shape index (κ2) is 10.5. The number of amides is 2. The summed E-state index contributed by atoms with van der Waals surface area (Å²) in [5, 5.41) is 3.08. The third kappa shape index (κ3) is 5.56. The summed E-state index contributed by atoms with van der Waals surface area (Å²) in [6, 6.07) is 24.5. The molecule has 3 aromatic rings. The van der Waals surface area contributed by atoms with E-state index in [4.69, 9.17) is 4.74 Å². The maximum Gasteiger partial charge on any atom is 0.257 e. The minimum atomic E-state index is -0.0679. The number of ether oxygens (including phenoxy) is 1. The maximum absolute atomic E-state index is 13.2. The number of hydrogen-bond acceptors (Lipinski definition) is 3. The molecule has 0 radical (unpaired) electrons. The molecule has 1 aliphatic heterocycles. The largest absolute Gasteiger partial charge is 0.488 e. The summed E-state index contributed by atoms with van der Waals surface area (Å²) in [7, 11) is 0. The van der Waals surface area contributed by atoms with E-state index in [2.05, 4.69) is 21.2 Å². The van der Waals surface area contributed by atoms with Gasteiger partial charge in [0.05, 0.1) is 5.56 Å². The molecule has 32 heavy (non-hydrogen) atoms. The molecule has 0 bridgehead atoms. The second-order valence-electron chi connectivity index (χ2n) is 7.82. The number of hydrogen-bond donors (Lipinski definition) is 1. The van der Waals surface area contributed by atoms with Crippen molar-refractivity contribution in [1.29, 1.82) is 0 Å². The predicted molar refractivity (Wildman–Crippen MR) is 128 cm³/mol. The molecule has 0 spiro atoms. The Kier molecular flexibility index (Phi) is 7.22. The molecule has 0 aromatic heterocycles. The first-order valence-corrected chi connectivity index (χ1v) is 11.5. The molecule has 1 saturated heterocycles. The van der Waals surface area contributed by atoms with Crippen molar-refractivity contribution in [3.8, 4) is 5.75 Å². The molecule has 1 N–H and O–H groups in total. The first kappa shape index (κ1) is 22.1. The second-order valence-corrected chi connectivity index (χ2v) is 8.74. The molecule has 1 fully saturated rings. The number of carbonyl (C=O) groups excluding carboxylic acids is 2. The molecule has 164 valence electrons. The fourth-order valence-corrected chi connectivity index (χ4v) is 4.26. The smallest absolute Gasteiger partial charge is 0.257 e. The van der Waals surface area contributed by atoms with Gasteiger partial charge in [-0.2, -0.15) is 0 Å². The predicted octanol–water partition coefficient (Wildman–Crippen LogP) is 5.06. The normalized spacial score (nSPS) is 14.1. The summed E-state index contributed by atoms with van der Waals surface area (Å²) < 4.78 is 6.98. The summed E-state index contributed by atoms with van der Waals surface area (Å²) in [5.74, 6) is 0.473. The van der Waals surface area contributed by atoms with E-state index in [9.17, 15) is 9.59 Å². The lowest BCUT2D eigenvalue weighted by molar-refractivity contribution is 0.0693. The number of halogens is 1. The molecule has 0 saturated carbocycles. The lowest BCUT2D eigenvalue weighted by Gasteiger charge is -2.32. The minimum absolute atomic E-state index is 0.0392. The van der Waals surface area contributed by atoms with Crippen molar-refractivity contribution in [2.45, 2.75) is 25.5 Å². The zero-order valence-electron chi connectivity index (χ0n) is 17.7. The summed E-state index contributed by atoms with van der Waals surface area (Å²) in [4.78, 5) is 27.4. The average molecular weight is 493 g/mol. The summed E-state index contributed by atoms with van der Waals surface area (Å²) in [5.41, 5.74) is 2.24. The SMILES string of the molecule is O=C(NC1CCN(C(=O)c2ccccc2OCc2cccc(Br)c2)CC1)c1ccccc1. The van der Waals surface area contributed by atoms with Crippen LogP contribution in [0.4, 0.5) is 0 Å². The van der Waals surface area contributed by atoms with E-state index in [1.807, 2.05) is 71.6 Å². The third-order valence-corrected chi connectivity index (χ3v) is 6.05. The zero-order valence-corrected chi connectivity index (χ0v) is 19.3. The molecule has 1 aliphatic rings. The highest BCUT2D eigenvalue weighted by atomic mass is 79.9. The number of rotatable bonds is 6. The fourth-order valence-electron chi connectivity index (χ4n) is 3.81. The molecule has 3 aromatic carbocycles. The van der Waals surface area contributed by atoms with Crippen molar-refractivity contribution in [1.82, 2.24) is 10.2 Å². The van der Waals surface area contributed by atoms with Gasteiger partial charge >= 0.3 is 0 Å². The van der Waals surface area contributed by atoms with Crippen LogP contribution in [0, 0.1) is 0 Å². The molecule has 0 atom stereocenters. The van der Waals surface area contributed by atoms with Crippen LogP contribution in [0.1, 0.15) is 39.1 Å². The molecule has 1 heterocycles. The average Bonchev–Trinajstić information content (AvgIpc) is 2.83. The van der Waals surface area contributed by atoms with Crippen LogP contribution in [0.15, 0.2) is 83.3 Å². The van der Waals surface area contributed by atoms with Gasteiger partial charge in [-0.25, -0.2) is 0 Å². The highest BCUT2D eigenvalue weighted by Crippen LogP contribution is 2.24. The van der Waals surface area contributed by atoms with Crippen LogP contribution in [0.25, 0.3) is 0 Å². The molecule has 6 heteroatoms. The van der Waals surface area contributed by atoms with Crippen molar-refractivity contribution < 1.29 is 14.3 Å². The maximum atomic E-state index is 13.2. The quantitative estimate of drug-likeness (QED) is 0.522. The first-order valence-electron chi connectivity index (χ1n) is 10.7. The molecule has 2 amide bonds. The summed E-state index contributed by atoms with van der Waals surface area (Å²) >= 11 is 3.47. The van der Waals surface area contributed by atoms with E-state index >= 15 is 0 Å². The summed E-state index contributed by atoms with van der Waals surface area (Å²) in [6.07, 6.45) is 1.46. The topological polar surface area (TPSA) is 58.6 Å². The van der Waals surface area contributed by atoms with Crippen LogP contribution in [-0.4, -0.2) is 35.8 Å². The van der Waals surface area contributed by atoms with E-state index in [1.54, 1.807) is 12.1 Å². The lowest BCUT2D eigenvalue weighted by Crippen LogP contribution is -2.46. The third-order valence-electron chi connectivity index (χ3n) is 5.55. The number of para-hydroxylation sites is 1. The number of piperidine rings is 1. The van der Waals surface area contributed by atoms with Crippen LogP contribution in [0.3, 0.4) is 0 Å². The number of nitrogens with zero attached hydrogens (tertiary/aromatic N) is 1. The Morgan fingerprint density at radius 3 is 2.41 bits per heavy atom. The van der Waals surface area contributed by atoms with Crippen LogP contribution >= 0.6 is 15.9 Å². The van der Waals surface area contributed by atoms with Crippen molar-refractivity contribution in [2.24, 2.45) is 0 Å². The van der Waals surface area contributed by atoms with E-state index in [0.29, 0.717) is 36.6 Å². The molecular formula is C26H25BrN2O3. The van der Waals surface area contributed by atoms with E-state index < -0.39 is 0 Å².